The quantitative estimate of drug-likeness (QED) is 0.443. The number of rotatable bonds is 7. The maximum absolute atomic E-state index is 13.7. The number of phenols is 1. The van der Waals surface area contributed by atoms with Crippen LogP contribution < -0.4 is 0 Å². The van der Waals surface area contributed by atoms with Crippen LogP contribution in [-0.2, 0) is 21.5 Å². The topological polar surface area (TPSA) is 38.7 Å². The lowest BCUT2D eigenvalue weighted by molar-refractivity contribution is -0.400. The Hall–Kier alpha value is -2.26. The van der Waals surface area contributed by atoms with Gasteiger partial charge in [0.25, 0.3) is 5.60 Å². The van der Waals surface area contributed by atoms with Crippen LogP contribution in [-0.4, -0.2) is 31.4 Å². The third-order valence-corrected chi connectivity index (χ3v) is 4.38. The van der Waals surface area contributed by atoms with Gasteiger partial charge < -0.3 is 14.6 Å². The normalized spacial score (nSPS) is 13.0. The molecule has 9 heteroatoms. The van der Waals surface area contributed by atoms with Crippen LogP contribution in [0.4, 0.5) is 26.3 Å². The largest absolute Gasteiger partial charge is 0.508 e. The van der Waals surface area contributed by atoms with Gasteiger partial charge in [-0.15, -0.1) is 0 Å². The molecule has 0 radical (unpaired) electrons. The summed E-state index contributed by atoms with van der Waals surface area (Å²) in [5.74, 6) is -0.0719. The van der Waals surface area contributed by atoms with E-state index in [-0.39, 0.29) is 17.7 Å². The predicted octanol–water partition coefficient (Wildman–Crippen LogP) is 5.95. The Labute approximate surface area is 163 Å². The Kier molecular flexibility index (Phi) is 6.85. The first-order valence-electron chi connectivity index (χ1n) is 8.67. The van der Waals surface area contributed by atoms with Crippen molar-refractivity contribution in [3.63, 3.8) is 0 Å². The zero-order valence-corrected chi connectivity index (χ0v) is 15.7. The Bertz CT molecular complexity index is 816. The fourth-order valence-electron chi connectivity index (χ4n) is 3.13. The number of benzene rings is 2. The second kappa shape index (κ2) is 8.62. The van der Waals surface area contributed by atoms with Crippen molar-refractivity contribution in [3.05, 3.63) is 53.6 Å². The molecule has 0 aromatic heterocycles. The molecular formula is C20H20F6O3. The van der Waals surface area contributed by atoms with Crippen LogP contribution in [0, 0.1) is 0 Å². The number of phenolic OH excluding ortho intramolecular Hbond substituents is 1. The SMILES string of the molecule is CCCc1cc(C(OCOC)(C(F)(F)F)C(F)(F)F)ccc1-c1cccc(O)c1. The van der Waals surface area contributed by atoms with Crippen molar-refractivity contribution in [2.45, 2.75) is 37.7 Å². The van der Waals surface area contributed by atoms with Crippen molar-refractivity contribution in [2.24, 2.45) is 0 Å². The number of hydrogen-bond acceptors (Lipinski definition) is 3. The first-order chi connectivity index (χ1) is 13.5. The Balaban J connectivity index is 2.73. The van der Waals surface area contributed by atoms with E-state index in [4.69, 9.17) is 0 Å². The molecule has 2 aromatic rings. The summed E-state index contributed by atoms with van der Waals surface area (Å²) in [6.45, 7) is 0.553. The first kappa shape index (κ1) is 23.0. The molecule has 0 aliphatic heterocycles. The van der Waals surface area contributed by atoms with Crippen molar-refractivity contribution in [1.82, 2.24) is 0 Å². The Morgan fingerprint density at radius 2 is 1.59 bits per heavy atom. The zero-order chi connectivity index (χ0) is 21.9. The van der Waals surface area contributed by atoms with Gasteiger partial charge in [-0.1, -0.05) is 43.7 Å². The molecule has 1 N–H and O–H groups in total. The van der Waals surface area contributed by atoms with Crippen LogP contribution in [0.3, 0.4) is 0 Å². The van der Waals surface area contributed by atoms with Gasteiger partial charge in [-0.25, -0.2) is 0 Å². The number of ether oxygens (including phenoxy) is 2. The van der Waals surface area contributed by atoms with Crippen LogP contribution in [0.15, 0.2) is 42.5 Å². The van der Waals surface area contributed by atoms with E-state index in [1.54, 1.807) is 13.0 Å². The van der Waals surface area contributed by atoms with Gasteiger partial charge in [-0.2, -0.15) is 26.3 Å². The number of aromatic hydroxyl groups is 1. The van der Waals surface area contributed by atoms with Gasteiger partial charge in [0, 0.05) is 12.7 Å². The van der Waals surface area contributed by atoms with E-state index >= 15 is 0 Å². The fourth-order valence-corrected chi connectivity index (χ4v) is 3.13. The van der Waals surface area contributed by atoms with Gasteiger partial charge >= 0.3 is 12.4 Å². The third-order valence-electron chi connectivity index (χ3n) is 4.38. The van der Waals surface area contributed by atoms with Crippen molar-refractivity contribution in [1.29, 1.82) is 0 Å². The van der Waals surface area contributed by atoms with Crippen LogP contribution in [0.25, 0.3) is 11.1 Å². The molecule has 29 heavy (non-hydrogen) atoms. The maximum Gasteiger partial charge on any atom is 0.430 e. The second-order valence-electron chi connectivity index (χ2n) is 6.40. The summed E-state index contributed by atoms with van der Waals surface area (Å²) >= 11 is 0. The minimum Gasteiger partial charge on any atom is -0.508 e. The van der Waals surface area contributed by atoms with Crippen LogP contribution >= 0.6 is 0 Å². The molecule has 160 valence electrons. The average Bonchev–Trinajstić information content (AvgIpc) is 2.60. The van der Waals surface area contributed by atoms with Crippen LogP contribution in [0.2, 0.25) is 0 Å². The van der Waals surface area contributed by atoms with Gasteiger partial charge in [0.1, 0.15) is 12.5 Å². The molecule has 0 unspecified atom stereocenters. The van der Waals surface area contributed by atoms with E-state index in [1.165, 1.54) is 24.3 Å². The molecule has 0 spiro atoms. The summed E-state index contributed by atoms with van der Waals surface area (Å²) in [4.78, 5) is 0. The van der Waals surface area contributed by atoms with E-state index in [0.717, 1.165) is 19.2 Å². The molecule has 2 rings (SSSR count). The minimum atomic E-state index is -5.78. The lowest BCUT2D eigenvalue weighted by Gasteiger charge is -2.37. The lowest BCUT2D eigenvalue weighted by Crippen LogP contribution is -2.56. The summed E-state index contributed by atoms with van der Waals surface area (Å²) in [7, 11) is 0.936. The standard InChI is InChI=1S/C20H20F6O3/c1-3-5-13-10-15(8-9-17(13)14-6-4-7-16(27)11-14)18(19(21,22)23,20(24,25)26)29-12-28-2/h4,6-11,27H,3,5,12H2,1-2H3. The molecule has 0 aliphatic rings. The highest BCUT2D eigenvalue weighted by molar-refractivity contribution is 5.69. The van der Waals surface area contributed by atoms with Crippen molar-refractivity contribution >= 4 is 0 Å². The zero-order valence-electron chi connectivity index (χ0n) is 15.7. The van der Waals surface area contributed by atoms with Crippen molar-refractivity contribution in [2.75, 3.05) is 13.9 Å². The highest BCUT2D eigenvalue weighted by Crippen LogP contribution is 2.53. The molecule has 0 saturated heterocycles. The number of methoxy groups -OCH3 is 1. The fraction of sp³-hybridized carbons (Fsp3) is 0.400. The number of aryl methyl sites for hydroxylation is 1. The van der Waals surface area contributed by atoms with E-state index < -0.39 is 30.3 Å². The Morgan fingerprint density at radius 3 is 2.10 bits per heavy atom. The lowest BCUT2D eigenvalue weighted by atomic mass is 9.86. The smallest absolute Gasteiger partial charge is 0.430 e. The van der Waals surface area contributed by atoms with Crippen molar-refractivity contribution < 1.29 is 40.9 Å². The average molecular weight is 422 g/mol. The minimum absolute atomic E-state index is 0.0719. The molecule has 0 fully saturated rings. The van der Waals surface area contributed by atoms with Crippen LogP contribution in [0.5, 0.6) is 5.75 Å². The maximum atomic E-state index is 13.7. The molecule has 0 bridgehead atoms. The number of alkyl halides is 6. The van der Waals surface area contributed by atoms with E-state index in [9.17, 15) is 31.4 Å². The monoisotopic (exact) mass is 422 g/mol. The summed E-state index contributed by atoms with van der Waals surface area (Å²) in [6, 6.07) is 8.72. The summed E-state index contributed by atoms with van der Waals surface area (Å²) < 4.78 is 91.1. The summed E-state index contributed by atoms with van der Waals surface area (Å²) in [5, 5.41) is 9.66. The molecule has 0 heterocycles. The van der Waals surface area contributed by atoms with E-state index in [0.29, 0.717) is 17.5 Å². The number of halogens is 6. The third kappa shape index (κ3) is 4.51. The molecule has 0 atom stereocenters. The summed E-state index contributed by atoms with van der Waals surface area (Å²) in [5.41, 5.74) is -4.44. The molecular weight excluding hydrogens is 402 g/mol. The van der Waals surface area contributed by atoms with E-state index in [1.807, 2.05) is 0 Å². The Morgan fingerprint density at radius 1 is 0.931 bits per heavy atom. The highest BCUT2D eigenvalue weighted by Gasteiger charge is 2.73. The summed E-state index contributed by atoms with van der Waals surface area (Å²) in [6.07, 6.45) is -10.8. The van der Waals surface area contributed by atoms with Gasteiger partial charge in [0.15, 0.2) is 0 Å². The first-order valence-corrected chi connectivity index (χ1v) is 8.67. The predicted molar refractivity (Wildman–Crippen MR) is 94.3 cm³/mol. The van der Waals surface area contributed by atoms with Gasteiger partial charge in [-0.3, -0.25) is 0 Å². The molecule has 0 aliphatic carbocycles. The van der Waals surface area contributed by atoms with Crippen LogP contribution in [0.1, 0.15) is 24.5 Å². The second-order valence-corrected chi connectivity index (χ2v) is 6.40. The van der Waals surface area contributed by atoms with Gasteiger partial charge in [0.2, 0.25) is 0 Å². The number of hydrogen-bond donors (Lipinski definition) is 1. The molecule has 0 amide bonds. The van der Waals surface area contributed by atoms with E-state index in [2.05, 4.69) is 9.47 Å². The highest BCUT2D eigenvalue weighted by atomic mass is 19.4. The molecule has 2 aromatic carbocycles. The van der Waals surface area contributed by atoms with Gasteiger partial charge in [-0.05, 0) is 35.2 Å². The van der Waals surface area contributed by atoms with Gasteiger partial charge in [0.05, 0.1) is 0 Å². The molecule has 0 saturated carbocycles. The van der Waals surface area contributed by atoms with Crippen molar-refractivity contribution in [3.8, 4) is 16.9 Å². The molecule has 3 nitrogen and oxygen atoms in total.